The number of hydrogen-bond acceptors (Lipinski definition) is 3. The predicted octanol–water partition coefficient (Wildman–Crippen LogP) is 5.12. The van der Waals surface area contributed by atoms with Crippen molar-refractivity contribution in [1.82, 2.24) is 5.43 Å². The van der Waals surface area contributed by atoms with Crippen LogP contribution in [0.15, 0.2) is 82.4 Å². The highest BCUT2D eigenvalue weighted by molar-refractivity contribution is 9.10. The van der Waals surface area contributed by atoms with Crippen molar-refractivity contribution >= 4 is 51.2 Å². The van der Waals surface area contributed by atoms with Crippen molar-refractivity contribution < 1.29 is 9.59 Å². The number of benzene rings is 3. The Morgan fingerprint density at radius 1 is 0.893 bits per heavy atom. The minimum absolute atomic E-state index is 0.297. The van der Waals surface area contributed by atoms with E-state index in [1.807, 2.05) is 12.1 Å². The molecule has 3 rings (SSSR count). The topological polar surface area (TPSA) is 70.6 Å². The normalized spacial score (nSPS) is 10.6. The molecule has 0 saturated carbocycles. The van der Waals surface area contributed by atoms with Crippen LogP contribution in [0.2, 0.25) is 5.02 Å². The van der Waals surface area contributed by atoms with Gasteiger partial charge in [-0.25, -0.2) is 5.43 Å². The molecule has 7 heteroatoms. The lowest BCUT2D eigenvalue weighted by atomic mass is 10.1. The lowest BCUT2D eigenvalue weighted by molar-refractivity contribution is 0.0956. The van der Waals surface area contributed by atoms with Gasteiger partial charge in [-0.3, -0.25) is 9.59 Å². The summed E-state index contributed by atoms with van der Waals surface area (Å²) in [5.41, 5.74) is 4.37. The smallest absolute Gasteiger partial charge is 0.273 e. The van der Waals surface area contributed by atoms with Crippen molar-refractivity contribution in [1.29, 1.82) is 0 Å². The Kier molecular flexibility index (Phi) is 6.57. The monoisotopic (exact) mass is 455 g/mol. The number of para-hydroxylation sites is 1. The molecule has 0 fully saturated rings. The fourth-order valence-electron chi connectivity index (χ4n) is 2.44. The molecule has 0 unspecified atom stereocenters. The van der Waals surface area contributed by atoms with Crippen LogP contribution in [0.5, 0.6) is 0 Å². The highest BCUT2D eigenvalue weighted by Crippen LogP contribution is 2.20. The molecule has 0 heterocycles. The number of carbonyl (C=O) groups excluding carboxylic acids is 2. The summed E-state index contributed by atoms with van der Waals surface area (Å²) < 4.78 is 0.667. The maximum atomic E-state index is 12.5. The SMILES string of the molecule is O=C(Nc1ccccc1C(=O)N/N=C/c1cccc(Cl)c1)c1ccccc1Br. The van der Waals surface area contributed by atoms with E-state index < -0.39 is 5.91 Å². The van der Waals surface area contributed by atoms with E-state index in [1.54, 1.807) is 60.7 Å². The summed E-state index contributed by atoms with van der Waals surface area (Å²) in [7, 11) is 0. The van der Waals surface area contributed by atoms with Crippen LogP contribution in [0.3, 0.4) is 0 Å². The van der Waals surface area contributed by atoms with Crippen molar-refractivity contribution in [2.75, 3.05) is 5.32 Å². The fourth-order valence-corrected chi connectivity index (χ4v) is 3.10. The molecule has 28 heavy (non-hydrogen) atoms. The molecule has 140 valence electrons. The highest BCUT2D eigenvalue weighted by atomic mass is 79.9. The molecule has 2 N–H and O–H groups in total. The third-order valence-corrected chi connectivity index (χ3v) is 4.69. The van der Waals surface area contributed by atoms with Crippen molar-refractivity contribution in [2.24, 2.45) is 5.10 Å². The second-order valence-corrected chi connectivity index (χ2v) is 7.02. The summed E-state index contributed by atoms with van der Waals surface area (Å²) in [5.74, 6) is -0.767. The Hall–Kier alpha value is -2.96. The minimum Gasteiger partial charge on any atom is -0.321 e. The Labute approximate surface area is 175 Å². The summed E-state index contributed by atoms with van der Waals surface area (Å²) in [6.45, 7) is 0. The van der Waals surface area contributed by atoms with Crippen LogP contribution >= 0.6 is 27.5 Å². The Morgan fingerprint density at radius 3 is 2.36 bits per heavy atom. The van der Waals surface area contributed by atoms with Gasteiger partial charge in [0.25, 0.3) is 11.8 Å². The molecule has 3 aromatic rings. The molecular weight excluding hydrogens is 442 g/mol. The van der Waals surface area contributed by atoms with Crippen molar-refractivity contribution in [3.8, 4) is 0 Å². The number of nitrogens with zero attached hydrogens (tertiary/aromatic N) is 1. The molecule has 0 aliphatic rings. The molecule has 0 spiro atoms. The zero-order valence-corrected chi connectivity index (χ0v) is 16.9. The molecule has 5 nitrogen and oxygen atoms in total. The van der Waals surface area contributed by atoms with Crippen LogP contribution < -0.4 is 10.7 Å². The van der Waals surface area contributed by atoms with Gasteiger partial charge in [-0.15, -0.1) is 0 Å². The third-order valence-electron chi connectivity index (χ3n) is 3.77. The first-order valence-corrected chi connectivity index (χ1v) is 9.45. The maximum Gasteiger partial charge on any atom is 0.273 e. The van der Waals surface area contributed by atoms with E-state index in [4.69, 9.17) is 11.6 Å². The molecule has 0 atom stereocenters. The van der Waals surface area contributed by atoms with Crippen LogP contribution in [-0.4, -0.2) is 18.0 Å². The first-order valence-electron chi connectivity index (χ1n) is 8.28. The average Bonchev–Trinajstić information content (AvgIpc) is 2.68. The summed E-state index contributed by atoms with van der Waals surface area (Å²) in [6.07, 6.45) is 1.49. The second kappa shape index (κ2) is 9.30. The van der Waals surface area contributed by atoms with E-state index in [1.165, 1.54) is 6.21 Å². The zero-order chi connectivity index (χ0) is 19.9. The van der Waals surface area contributed by atoms with Crippen molar-refractivity contribution in [2.45, 2.75) is 0 Å². The Morgan fingerprint density at radius 2 is 1.61 bits per heavy atom. The van der Waals surface area contributed by atoms with Gasteiger partial charge in [0.05, 0.1) is 23.0 Å². The summed E-state index contributed by atoms with van der Waals surface area (Å²) in [6, 6.07) is 20.9. The maximum absolute atomic E-state index is 12.5. The van der Waals surface area contributed by atoms with Crippen LogP contribution in [-0.2, 0) is 0 Å². The van der Waals surface area contributed by atoms with Gasteiger partial charge >= 0.3 is 0 Å². The van der Waals surface area contributed by atoms with Gasteiger partial charge < -0.3 is 5.32 Å². The first-order chi connectivity index (χ1) is 13.5. The van der Waals surface area contributed by atoms with E-state index in [0.717, 1.165) is 5.56 Å². The lowest BCUT2D eigenvalue weighted by Crippen LogP contribution is -2.21. The van der Waals surface area contributed by atoms with Gasteiger partial charge in [0.15, 0.2) is 0 Å². The van der Waals surface area contributed by atoms with Gasteiger partial charge in [-0.2, -0.15) is 5.10 Å². The number of rotatable bonds is 5. The van der Waals surface area contributed by atoms with Gasteiger partial charge in [0.2, 0.25) is 0 Å². The Balaban J connectivity index is 1.73. The van der Waals surface area contributed by atoms with E-state index in [-0.39, 0.29) is 5.91 Å². The molecule has 0 aliphatic carbocycles. The zero-order valence-electron chi connectivity index (χ0n) is 14.5. The van der Waals surface area contributed by atoms with Crippen LogP contribution in [0.4, 0.5) is 5.69 Å². The molecule has 0 aromatic heterocycles. The molecular formula is C21H15BrClN3O2. The number of carbonyl (C=O) groups is 2. The van der Waals surface area contributed by atoms with Crippen LogP contribution in [0.1, 0.15) is 26.3 Å². The van der Waals surface area contributed by atoms with E-state index in [0.29, 0.717) is 26.3 Å². The average molecular weight is 457 g/mol. The fraction of sp³-hybridized carbons (Fsp3) is 0. The number of anilines is 1. The molecule has 0 aliphatic heterocycles. The quantitative estimate of drug-likeness (QED) is 0.413. The number of amides is 2. The molecule has 0 saturated heterocycles. The molecule has 0 radical (unpaired) electrons. The highest BCUT2D eigenvalue weighted by Gasteiger charge is 2.15. The predicted molar refractivity (Wildman–Crippen MR) is 115 cm³/mol. The molecule has 0 bridgehead atoms. The second-order valence-electron chi connectivity index (χ2n) is 5.73. The number of hydrazone groups is 1. The number of halogens is 2. The molecule has 3 aromatic carbocycles. The largest absolute Gasteiger partial charge is 0.321 e. The van der Waals surface area contributed by atoms with E-state index >= 15 is 0 Å². The molecule has 2 amide bonds. The van der Waals surface area contributed by atoms with Crippen molar-refractivity contribution in [3.63, 3.8) is 0 Å². The van der Waals surface area contributed by atoms with Crippen LogP contribution in [0, 0.1) is 0 Å². The van der Waals surface area contributed by atoms with Crippen molar-refractivity contribution in [3.05, 3.63) is 99.0 Å². The minimum atomic E-state index is -0.443. The summed E-state index contributed by atoms with van der Waals surface area (Å²) >= 11 is 9.27. The summed E-state index contributed by atoms with van der Waals surface area (Å²) in [5, 5.41) is 7.29. The van der Waals surface area contributed by atoms with Gasteiger partial charge in [0, 0.05) is 9.50 Å². The standard InChI is InChI=1S/C21H15BrClN3O2/c22-18-10-3-1-8-16(18)20(27)25-19-11-4-2-9-17(19)21(28)26-24-13-14-6-5-7-15(23)12-14/h1-13H,(H,25,27)(H,26,28)/b24-13+. The van der Waals surface area contributed by atoms with E-state index in [9.17, 15) is 9.59 Å². The number of nitrogens with one attached hydrogen (secondary N) is 2. The van der Waals surface area contributed by atoms with Crippen LogP contribution in [0.25, 0.3) is 0 Å². The van der Waals surface area contributed by atoms with E-state index in [2.05, 4.69) is 31.8 Å². The summed E-state index contributed by atoms with van der Waals surface area (Å²) in [4.78, 5) is 25.0. The van der Waals surface area contributed by atoms with Gasteiger partial charge in [0.1, 0.15) is 0 Å². The van der Waals surface area contributed by atoms with Gasteiger partial charge in [-0.1, -0.05) is 48.0 Å². The Bertz CT molecular complexity index is 1050. The first kappa shape index (κ1) is 19.8. The lowest BCUT2D eigenvalue weighted by Gasteiger charge is -2.10. The number of hydrogen-bond donors (Lipinski definition) is 2. The third kappa shape index (κ3) is 5.06. The van der Waals surface area contributed by atoms with Gasteiger partial charge in [-0.05, 0) is 57.9 Å².